The molecule has 0 bridgehead atoms. The number of benzene rings is 1. The molecule has 0 radical (unpaired) electrons. The van der Waals surface area contributed by atoms with Gasteiger partial charge in [-0.3, -0.25) is 13.6 Å². The molecule has 5 atom stereocenters. The van der Waals surface area contributed by atoms with Gasteiger partial charge in [0.25, 0.3) is 0 Å². The quantitative estimate of drug-likeness (QED) is 0.303. The standard InChI is InChI=1S/C16H15ClN5O6PS.Na/c17-7-1-3-8(4-2-7)30-16-21-10-13(18)19-6-20-14(10)22(16)15-11(23)12-9(27-15)5-26-29(24,25)28-12;/h1-4,6,9,11-12,15,23H,5H2,(H,24,25)(H2,18,19,20);/q;+1/t9?,11-,12-,15?;/m0./s1. The first-order valence-electron chi connectivity index (χ1n) is 8.73. The third-order valence-corrected chi connectivity index (χ3v) is 6.93. The number of phosphoric acid groups is 1. The molecule has 0 saturated carbocycles. The fraction of sp³-hybridized carbons (Fsp3) is 0.312. The average molecular weight is 495 g/mol. The molecule has 2 fully saturated rings. The van der Waals surface area contributed by atoms with E-state index in [0.717, 1.165) is 4.90 Å². The zero-order valence-corrected chi connectivity index (χ0v) is 20.5. The van der Waals surface area contributed by atoms with Gasteiger partial charge in [0.05, 0.1) is 6.61 Å². The summed E-state index contributed by atoms with van der Waals surface area (Å²) in [5, 5.41) is 11.9. The number of nitrogens with zero attached hydrogens (tertiary/aromatic N) is 4. The van der Waals surface area contributed by atoms with Gasteiger partial charge >= 0.3 is 37.4 Å². The van der Waals surface area contributed by atoms with Gasteiger partial charge in [-0.25, -0.2) is 19.5 Å². The molecule has 2 aliphatic heterocycles. The van der Waals surface area contributed by atoms with Crippen LogP contribution in [-0.4, -0.2) is 54.4 Å². The number of nitrogens with two attached hydrogens (primary N) is 1. The summed E-state index contributed by atoms with van der Waals surface area (Å²) in [6.45, 7) is -0.199. The molecule has 0 spiro atoms. The van der Waals surface area contributed by atoms with Crippen LogP contribution in [0.1, 0.15) is 6.23 Å². The number of anilines is 1. The Morgan fingerprint density at radius 1 is 1.29 bits per heavy atom. The van der Waals surface area contributed by atoms with Crippen molar-refractivity contribution in [3.8, 4) is 0 Å². The molecule has 2 aliphatic rings. The van der Waals surface area contributed by atoms with E-state index in [1.807, 2.05) is 12.1 Å². The molecule has 158 valence electrons. The van der Waals surface area contributed by atoms with Crippen LogP contribution >= 0.6 is 31.2 Å². The Hall–Kier alpha value is -0.760. The maximum atomic E-state index is 11.8. The van der Waals surface area contributed by atoms with Crippen molar-refractivity contribution in [1.82, 2.24) is 19.5 Å². The second kappa shape index (κ2) is 8.88. The van der Waals surface area contributed by atoms with Crippen LogP contribution in [0.5, 0.6) is 0 Å². The van der Waals surface area contributed by atoms with E-state index < -0.39 is 32.4 Å². The van der Waals surface area contributed by atoms with E-state index in [0.29, 0.717) is 21.3 Å². The number of aromatic nitrogens is 4. The molecule has 1 aromatic carbocycles. The summed E-state index contributed by atoms with van der Waals surface area (Å²) in [7, 11) is -4.25. The van der Waals surface area contributed by atoms with E-state index in [-0.39, 0.29) is 42.0 Å². The zero-order chi connectivity index (χ0) is 21.0. The Bertz CT molecular complexity index is 1170. The molecular weight excluding hydrogens is 480 g/mol. The summed E-state index contributed by atoms with van der Waals surface area (Å²) in [6, 6.07) is 7.11. The summed E-state index contributed by atoms with van der Waals surface area (Å²) in [6.07, 6.45) is -2.80. The molecule has 0 amide bonds. The van der Waals surface area contributed by atoms with Crippen molar-refractivity contribution in [3.05, 3.63) is 35.6 Å². The van der Waals surface area contributed by atoms with Crippen molar-refractivity contribution in [3.63, 3.8) is 0 Å². The molecule has 4 N–H and O–H groups in total. The maximum absolute atomic E-state index is 11.8. The number of hydrogen-bond donors (Lipinski definition) is 3. The van der Waals surface area contributed by atoms with Crippen LogP contribution in [-0.2, 0) is 18.3 Å². The minimum Gasteiger partial charge on any atom is -0.386 e. The molecular formula is C16H15ClN5NaO6PS+. The van der Waals surface area contributed by atoms with Crippen LogP contribution in [0.15, 0.2) is 40.6 Å². The number of hydrogen-bond acceptors (Lipinski definition) is 10. The van der Waals surface area contributed by atoms with Crippen molar-refractivity contribution in [1.29, 1.82) is 0 Å². The fourth-order valence-corrected chi connectivity index (χ4v) is 5.36. The van der Waals surface area contributed by atoms with E-state index in [1.165, 1.54) is 18.1 Å². The van der Waals surface area contributed by atoms with Crippen LogP contribution in [0, 0.1) is 0 Å². The van der Waals surface area contributed by atoms with Crippen LogP contribution in [0.3, 0.4) is 0 Å². The van der Waals surface area contributed by atoms with Crippen molar-refractivity contribution >= 4 is 48.2 Å². The molecule has 15 heteroatoms. The van der Waals surface area contributed by atoms with E-state index in [4.69, 9.17) is 31.1 Å². The maximum Gasteiger partial charge on any atom is 1.00 e. The first kappa shape index (κ1) is 23.4. The van der Waals surface area contributed by atoms with Gasteiger partial charge in [-0.2, -0.15) is 0 Å². The van der Waals surface area contributed by atoms with Crippen LogP contribution < -0.4 is 35.3 Å². The van der Waals surface area contributed by atoms with Crippen molar-refractivity contribution < 1.29 is 57.9 Å². The SMILES string of the molecule is Nc1ncnc2c1nc(Sc1ccc(Cl)cc1)n2C1OC2COP(=O)(O)O[C@@H]2[C@@H]1O.[Na+]. The number of imidazole rings is 1. The van der Waals surface area contributed by atoms with Crippen molar-refractivity contribution in [2.75, 3.05) is 12.3 Å². The Balaban J connectivity index is 0.00000231. The van der Waals surface area contributed by atoms with E-state index in [2.05, 4.69) is 15.0 Å². The number of phosphoric ester groups is 1. The summed E-state index contributed by atoms with van der Waals surface area (Å²) in [5.74, 6) is 0.168. The number of aliphatic hydroxyl groups excluding tert-OH is 1. The average Bonchev–Trinajstić information content (AvgIpc) is 3.21. The van der Waals surface area contributed by atoms with Crippen LogP contribution in [0.25, 0.3) is 11.2 Å². The molecule has 11 nitrogen and oxygen atoms in total. The van der Waals surface area contributed by atoms with Gasteiger partial charge in [0.15, 0.2) is 28.4 Å². The smallest absolute Gasteiger partial charge is 0.386 e. The normalized spacial score (nSPS) is 30.2. The minimum absolute atomic E-state index is 0. The number of fused-ring (bicyclic) bond motifs is 2. The zero-order valence-electron chi connectivity index (χ0n) is 16.0. The van der Waals surface area contributed by atoms with Gasteiger partial charge in [0, 0.05) is 9.92 Å². The topological polar surface area (TPSA) is 155 Å². The third-order valence-electron chi connectivity index (χ3n) is 4.72. The summed E-state index contributed by atoms with van der Waals surface area (Å²) in [5.41, 5.74) is 6.65. The van der Waals surface area contributed by atoms with Crippen LogP contribution in [0.4, 0.5) is 5.82 Å². The first-order chi connectivity index (χ1) is 14.3. The predicted octanol–water partition coefficient (Wildman–Crippen LogP) is -1.01. The molecule has 3 unspecified atom stereocenters. The van der Waals surface area contributed by atoms with E-state index >= 15 is 0 Å². The predicted molar refractivity (Wildman–Crippen MR) is 106 cm³/mol. The summed E-state index contributed by atoms with van der Waals surface area (Å²) < 4.78 is 29.1. The second-order valence-electron chi connectivity index (χ2n) is 6.64. The van der Waals surface area contributed by atoms with Crippen molar-refractivity contribution in [2.45, 2.75) is 34.6 Å². The van der Waals surface area contributed by atoms with Gasteiger partial charge < -0.3 is 20.5 Å². The van der Waals surface area contributed by atoms with Gasteiger partial charge in [0.1, 0.15) is 24.6 Å². The van der Waals surface area contributed by atoms with Gasteiger partial charge in [0.2, 0.25) is 0 Å². The van der Waals surface area contributed by atoms with E-state index in [9.17, 15) is 14.6 Å². The van der Waals surface area contributed by atoms with Gasteiger partial charge in [-0.1, -0.05) is 23.4 Å². The largest absolute Gasteiger partial charge is 1.00 e. The second-order valence-corrected chi connectivity index (χ2v) is 9.52. The number of rotatable bonds is 3. The molecule has 2 saturated heterocycles. The van der Waals surface area contributed by atoms with Crippen molar-refractivity contribution in [2.24, 2.45) is 0 Å². The number of nitrogen functional groups attached to an aromatic ring is 1. The molecule has 31 heavy (non-hydrogen) atoms. The molecule has 5 rings (SSSR count). The number of ether oxygens (including phenoxy) is 1. The number of halogens is 1. The Kier molecular flexibility index (Phi) is 6.70. The summed E-state index contributed by atoms with van der Waals surface area (Å²) in [4.78, 5) is 23.2. The minimum atomic E-state index is -4.25. The van der Waals surface area contributed by atoms with Gasteiger partial charge in [-0.15, -0.1) is 0 Å². The Morgan fingerprint density at radius 3 is 2.77 bits per heavy atom. The van der Waals surface area contributed by atoms with Crippen LogP contribution in [0.2, 0.25) is 5.02 Å². The third kappa shape index (κ3) is 4.40. The Morgan fingerprint density at radius 2 is 2.03 bits per heavy atom. The first-order valence-corrected chi connectivity index (χ1v) is 11.4. The summed E-state index contributed by atoms with van der Waals surface area (Å²) >= 11 is 7.24. The molecule has 4 heterocycles. The Labute approximate surface area is 207 Å². The number of aliphatic hydroxyl groups is 1. The molecule has 3 aromatic rings. The molecule has 0 aliphatic carbocycles. The van der Waals surface area contributed by atoms with Gasteiger partial charge in [-0.05, 0) is 24.3 Å². The monoisotopic (exact) mass is 494 g/mol. The fourth-order valence-electron chi connectivity index (χ4n) is 3.36. The van der Waals surface area contributed by atoms with E-state index in [1.54, 1.807) is 16.7 Å². The molecule has 2 aromatic heterocycles.